The Morgan fingerprint density at radius 3 is 2.17 bits per heavy atom. The van der Waals surface area contributed by atoms with Gasteiger partial charge in [0.15, 0.2) is 0 Å². The zero-order chi connectivity index (χ0) is 9.14. The first kappa shape index (κ1) is 9.57. The Hall–Kier alpha value is -0.520. The van der Waals surface area contributed by atoms with Gasteiger partial charge in [-0.15, -0.1) is 0 Å². The summed E-state index contributed by atoms with van der Waals surface area (Å²) in [6, 6.07) is 0. The first-order valence-electron chi connectivity index (χ1n) is 5.02. The highest BCUT2D eigenvalue weighted by atomic mass is 14.2. The number of allylic oxidation sites excluding steroid dienone is 4. The third-order valence-corrected chi connectivity index (χ3v) is 2.57. The Kier molecular flexibility index (Phi) is 3.13. The van der Waals surface area contributed by atoms with E-state index in [9.17, 15) is 0 Å². The molecule has 0 unspecified atom stereocenters. The summed E-state index contributed by atoms with van der Waals surface area (Å²) >= 11 is 0. The van der Waals surface area contributed by atoms with Crippen molar-refractivity contribution in [1.82, 2.24) is 0 Å². The van der Waals surface area contributed by atoms with Crippen LogP contribution in [0.2, 0.25) is 0 Å². The van der Waals surface area contributed by atoms with E-state index >= 15 is 0 Å². The fraction of sp³-hybridized carbons (Fsp3) is 0.667. The average Bonchev–Trinajstić information content (AvgIpc) is 2.04. The van der Waals surface area contributed by atoms with E-state index < -0.39 is 0 Å². The summed E-state index contributed by atoms with van der Waals surface area (Å²) in [7, 11) is 0. The lowest BCUT2D eigenvalue weighted by Gasteiger charge is -2.21. The van der Waals surface area contributed by atoms with Gasteiger partial charge in [0.1, 0.15) is 0 Å². The second-order valence-corrected chi connectivity index (χ2v) is 4.23. The summed E-state index contributed by atoms with van der Waals surface area (Å²) in [5.74, 6) is 1.42. The molecular weight excluding hydrogens is 144 g/mol. The molecule has 0 amide bonds. The van der Waals surface area contributed by atoms with Crippen molar-refractivity contribution in [2.75, 3.05) is 0 Å². The maximum Gasteiger partial charge on any atom is -0.0219 e. The molecule has 1 aliphatic carbocycles. The Balaban J connectivity index is 2.92. The van der Waals surface area contributed by atoms with E-state index in [2.05, 4.69) is 39.8 Å². The fourth-order valence-electron chi connectivity index (χ4n) is 1.89. The number of hydrogen-bond acceptors (Lipinski definition) is 0. The summed E-state index contributed by atoms with van der Waals surface area (Å²) in [5.41, 5.74) is 3.25. The monoisotopic (exact) mass is 164 g/mol. The van der Waals surface area contributed by atoms with Gasteiger partial charge in [-0.1, -0.05) is 45.4 Å². The normalized spacial score (nSPS) is 18.2. The molecule has 1 rings (SSSR count). The minimum Gasteiger partial charge on any atom is -0.0839 e. The van der Waals surface area contributed by atoms with Gasteiger partial charge in [-0.25, -0.2) is 0 Å². The molecule has 0 aromatic rings. The van der Waals surface area contributed by atoms with Gasteiger partial charge in [0, 0.05) is 0 Å². The van der Waals surface area contributed by atoms with Crippen molar-refractivity contribution < 1.29 is 0 Å². The maximum atomic E-state index is 2.32. The van der Waals surface area contributed by atoms with Crippen LogP contribution in [0.5, 0.6) is 0 Å². The lowest BCUT2D eigenvalue weighted by Crippen LogP contribution is -2.06. The Morgan fingerprint density at radius 2 is 1.75 bits per heavy atom. The summed E-state index contributed by atoms with van der Waals surface area (Å²) in [6.45, 7) is 9.18. The van der Waals surface area contributed by atoms with Crippen LogP contribution in [0.3, 0.4) is 0 Å². The zero-order valence-electron chi connectivity index (χ0n) is 8.72. The molecule has 0 heterocycles. The van der Waals surface area contributed by atoms with Crippen molar-refractivity contribution in [3.8, 4) is 0 Å². The molecule has 0 heteroatoms. The van der Waals surface area contributed by atoms with Crippen LogP contribution in [0.25, 0.3) is 0 Å². The Morgan fingerprint density at radius 1 is 1.08 bits per heavy atom. The quantitative estimate of drug-likeness (QED) is 0.580. The summed E-state index contributed by atoms with van der Waals surface area (Å²) in [6.07, 6.45) is 7.15. The Labute approximate surface area is 76.4 Å². The Bertz CT molecular complexity index is 204. The smallest absolute Gasteiger partial charge is 0.0219 e. The highest BCUT2D eigenvalue weighted by Gasteiger charge is 2.13. The summed E-state index contributed by atoms with van der Waals surface area (Å²) < 4.78 is 0. The van der Waals surface area contributed by atoms with E-state index in [4.69, 9.17) is 0 Å². The second-order valence-electron chi connectivity index (χ2n) is 4.23. The average molecular weight is 164 g/mol. The minimum absolute atomic E-state index is 0.693. The van der Waals surface area contributed by atoms with Crippen molar-refractivity contribution in [3.63, 3.8) is 0 Å². The van der Waals surface area contributed by atoms with Crippen molar-refractivity contribution in [3.05, 3.63) is 23.3 Å². The van der Waals surface area contributed by atoms with Crippen molar-refractivity contribution in [2.24, 2.45) is 11.8 Å². The molecule has 0 N–H and O–H groups in total. The van der Waals surface area contributed by atoms with Gasteiger partial charge in [0.2, 0.25) is 0 Å². The van der Waals surface area contributed by atoms with Gasteiger partial charge in [-0.2, -0.15) is 0 Å². The molecule has 0 fully saturated rings. The third kappa shape index (κ3) is 2.00. The molecule has 68 valence electrons. The zero-order valence-corrected chi connectivity index (χ0v) is 8.72. The van der Waals surface area contributed by atoms with E-state index in [-0.39, 0.29) is 0 Å². The fourth-order valence-corrected chi connectivity index (χ4v) is 1.89. The third-order valence-electron chi connectivity index (χ3n) is 2.57. The first-order valence-corrected chi connectivity index (χ1v) is 5.02. The van der Waals surface area contributed by atoms with E-state index in [1.807, 2.05) is 0 Å². The lowest BCUT2D eigenvalue weighted by molar-refractivity contribution is 0.657. The summed E-state index contributed by atoms with van der Waals surface area (Å²) in [4.78, 5) is 0. The first-order chi connectivity index (χ1) is 5.63. The van der Waals surface area contributed by atoms with Crippen LogP contribution >= 0.6 is 0 Å². The molecule has 0 radical (unpaired) electrons. The van der Waals surface area contributed by atoms with Crippen LogP contribution in [0.4, 0.5) is 0 Å². The van der Waals surface area contributed by atoms with Gasteiger partial charge in [-0.05, 0) is 30.3 Å². The number of rotatable bonds is 2. The molecule has 0 atom stereocenters. The van der Waals surface area contributed by atoms with Crippen molar-refractivity contribution in [2.45, 2.75) is 40.5 Å². The molecule has 0 aromatic heterocycles. The predicted octanol–water partition coefficient (Wildman–Crippen LogP) is 3.95. The second kappa shape index (κ2) is 3.93. The van der Waals surface area contributed by atoms with Crippen LogP contribution in [-0.2, 0) is 0 Å². The molecular formula is C12H20. The van der Waals surface area contributed by atoms with E-state index in [1.165, 1.54) is 12.8 Å². The minimum atomic E-state index is 0.693. The van der Waals surface area contributed by atoms with Crippen LogP contribution < -0.4 is 0 Å². The van der Waals surface area contributed by atoms with Crippen LogP contribution in [0.15, 0.2) is 23.3 Å². The van der Waals surface area contributed by atoms with Gasteiger partial charge in [-0.3, -0.25) is 0 Å². The van der Waals surface area contributed by atoms with Crippen LogP contribution in [0, 0.1) is 11.8 Å². The highest BCUT2D eigenvalue weighted by Crippen LogP contribution is 2.29. The molecule has 0 nitrogen and oxygen atoms in total. The maximum absolute atomic E-state index is 2.32. The number of hydrogen-bond donors (Lipinski definition) is 0. The van der Waals surface area contributed by atoms with Crippen LogP contribution in [0.1, 0.15) is 40.5 Å². The van der Waals surface area contributed by atoms with Crippen molar-refractivity contribution >= 4 is 0 Å². The molecule has 0 saturated carbocycles. The van der Waals surface area contributed by atoms with Crippen LogP contribution in [-0.4, -0.2) is 0 Å². The molecule has 1 aliphatic rings. The lowest BCUT2D eigenvalue weighted by atomic mass is 9.84. The molecule has 0 aromatic carbocycles. The standard InChI is InChI=1S/C12H20/c1-9(2)11-7-5-6-8-12(11)10(3)4/h5,7,9-10H,6,8H2,1-4H3. The van der Waals surface area contributed by atoms with Crippen molar-refractivity contribution in [1.29, 1.82) is 0 Å². The highest BCUT2D eigenvalue weighted by molar-refractivity contribution is 5.31. The molecule has 0 saturated heterocycles. The van der Waals surface area contributed by atoms with Gasteiger partial charge in [0.25, 0.3) is 0 Å². The largest absolute Gasteiger partial charge is 0.0839 e. The predicted molar refractivity (Wildman–Crippen MR) is 55.1 cm³/mol. The topological polar surface area (TPSA) is 0 Å². The van der Waals surface area contributed by atoms with E-state index in [0.717, 1.165) is 5.92 Å². The molecule has 0 bridgehead atoms. The van der Waals surface area contributed by atoms with E-state index in [0.29, 0.717) is 5.92 Å². The van der Waals surface area contributed by atoms with Gasteiger partial charge >= 0.3 is 0 Å². The molecule has 0 spiro atoms. The SMILES string of the molecule is CC(C)C1=C(C(C)C)CCC=C1. The molecule has 12 heavy (non-hydrogen) atoms. The molecule has 0 aliphatic heterocycles. The van der Waals surface area contributed by atoms with Gasteiger partial charge in [0.05, 0.1) is 0 Å². The summed E-state index contributed by atoms with van der Waals surface area (Å²) in [5, 5.41) is 0. The van der Waals surface area contributed by atoms with E-state index in [1.54, 1.807) is 11.1 Å². The van der Waals surface area contributed by atoms with Gasteiger partial charge < -0.3 is 0 Å².